The van der Waals surface area contributed by atoms with Crippen molar-refractivity contribution in [2.45, 2.75) is 32.2 Å². The zero-order chi connectivity index (χ0) is 13.9. The van der Waals surface area contributed by atoms with Crippen LogP contribution in [0.1, 0.15) is 34.8 Å². The van der Waals surface area contributed by atoms with E-state index in [1.165, 1.54) is 35.4 Å². The van der Waals surface area contributed by atoms with Crippen LogP contribution in [-0.4, -0.2) is 23.0 Å². The first kappa shape index (κ1) is 13.6. The van der Waals surface area contributed by atoms with Gasteiger partial charge in [0.2, 0.25) is 0 Å². The summed E-state index contributed by atoms with van der Waals surface area (Å²) in [6.07, 6.45) is 4.48. The molecule has 1 atom stereocenters. The molecular formula is C16H21N3S. The summed E-state index contributed by atoms with van der Waals surface area (Å²) in [5.41, 5.74) is 8.55. The number of nitrogen functional groups attached to an aromatic ring is 1. The van der Waals surface area contributed by atoms with E-state index in [4.69, 9.17) is 5.73 Å². The second kappa shape index (κ2) is 5.94. The Bertz CT molecular complexity index is 579. The minimum absolute atomic E-state index is 0.661. The molecule has 2 N–H and O–H groups in total. The second-order valence-electron chi connectivity index (χ2n) is 5.65. The Morgan fingerprint density at radius 2 is 2.35 bits per heavy atom. The van der Waals surface area contributed by atoms with E-state index in [9.17, 15) is 0 Å². The van der Waals surface area contributed by atoms with Crippen LogP contribution in [0, 0.1) is 6.92 Å². The Balaban J connectivity index is 1.67. The summed E-state index contributed by atoms with van der Waals surface area (Å²) in [5.74, 6) is 0.661. The van der Waals surface area contributed by atoms with Gasteiger partial charge in [-0.2, -0.15) is 0 Å². The third kappa shape index (κ3) is 3.19. The van der Waals surface area contributed by atoms with E-state index < -0.39 is 0 Å². The number of hydrogen-bond donors (Lipinski definition) is 1. The van der Waals surface area contributed by atoms with Crippen LogP contribution in [0.3, 0.4) is 0 Å². The van der Waals surface area contributed by atoms with E-state index in [-0.39, 0.29) is 0 Å². The first-order valence-electron chi connectivity index (χ1n) is 7.20. The smallest absolute Gasteiger partial charge is 0.180 e. The molecule has 1 aliphatic heterocycles. The van der Waals surface area contributed by atoms with Gasteiger partial charge in [0.25, 0.3) is 0 Å². The van der Waals surface area contributed by atoms with E-state index in [1.54, 1.807) is 11.3 Å². The van der Waals surface area contributed by atoms with Crippen molar-refractivity contribution in [2.24, 2.45) is 0 Å². The van der Waals surface area contributed by atoms with Gasteiger partial charge in [0.1, 0.15) is 0 Å². The number of thiazole rings is 1. The van der Waals surface area contributed by atoms with Crippen LogP contribution in [0.2, 0.25) is 0 Å². The van der Waals surface area contributed by atoms with Crippen LogP contribution in [0.5, 0.6) is 0 Å². The lowest BCUT2D eigenvalue weighted by Gasteiger charge is -2.32. The minimum Gasteiger partial charge on any atom is -0.375 e. The normalized spacial score (nSPS) is 20.1. The van der Waals surface area contributed by atoms with Gasteiger partial charge < -0.3 is 5.73 Å². The van der Waals surface area contributed by atoms with Crippen molar-refractivity contribution in [1.82, 2.24) is 9.88 Å². The third-order valence-corrected chi connectivity index (χ3v) is 4.78. The Morgan fingerprint density at radius 3 is 3.10 bits per heavy atom. The van der Waals surface area contributed by atoms with E-state index in [0.29, 0.717) is 11.0 Å². The Hall–Kier alpha value is -1.39. The molecule has 0 spiro atoms. The number of hydrogen-bond acceptors (Lipinski definition) is 4. The van der Waals surface area contributed by atoms with E-state index in [0.717, 1.165) is 13.1 Å². The van der Waals surface area contributed by atoms with Crippen molar-refractivity contribution in [3.8, 4) is 0 Å². The molecule has 0 amide bonds. The molecule has 0 aliphatic carbocycles. The highest BCUT2D eigenvalue weighted by Crippen LogP contribution is 2.29. The summed E-state index contributed by atoms with van der Waals surface area (Å²) in [7, 11) is 0. The predicted molar refractivity (Wildman–Crippen MR) is 85.0 cm³/mol. The van der Waals surface area contributed by atoms with Crippen LogP contribution in [-0.2, 0) is 6.54 Å². The van der Waals surface area contributed by atoms with Gasteiger partial charge >= 0.3 is 0 Å². The molecule has 2 aromatic rings. The molecule has 0 radical (unpaired) electrons. The number of piperidine rings is 1. The largest absolute Gasteiger partial charge is 0.375 e. The lowest BCUT2D eigenvalue weighted by Crippen LogP contribution is -2.33. The van der Waals surface area contributed by atoms with Crippen LogP contribution < -0.4 is 5.73 Å². The summed E-state index contributed by atoms with van der Waals surface area (Å²) < 4.78 is 0. The van der Waals surface area contributed by atoms with Crippen LogP contribution in [0.4, 0.5) is 5.13 Å². The molecule has 0 saturated carbocycles. The molecule has 106 valence electrons. The molecule has 4 heteroatoms. The van der Waals surface area contributed by atoms with Crippen molar-refractivity contribution >= 4 is 16.5 Å². The maximum absolute atomic E-state index is 5.71. The van der Waals surface area contributed by atoms with Gasteiger partial charge in [-0.3, -0.25) is 4.90 Å². The van der Waals surface area contributed by atoms with Crippen LogP contribution in [0.15, 0.2) is 30.5 Å². The number of benzene rings is 1. The number of anilines is 1. The van der Waals surface area contributed by atoms with Crippen molar-refractivity contribution in [2.75, 3.05) is 18.8 Å². The van der Waals surface area contributed by atoms with Crippen molar-refractivity contribution in [1.29, 1.82) is 0 Å². The average molecular weight is 287 g/mol. The monoisotopic (exact) mass is 287 g/mol. The highest BCUT2D eigenvalue weighted by molar-refractivity contribution is 7.15. The quantitative estimate of drug-likeness (QED) is 0.940. The fourth-order valence-corrected chi connectivity index (χ4v) is 3.74. The van der Waals surface area contributed by atoms with Crippen LogP contribution >= 0.6 is 11.3 Å². The molecule has 20 heavy (non-hydrogen) atoms. The zero-order valence-electron chi connectivity index (χ0n) is 11.9. The fourth-order valence-electron chi connectivity index (χ4n) is 3.01. The lowest BCUT2D eigenvalue weighted by atomic mass is 9.90. The maximum atomic E-state index is 5.71. The summed E-state index contributed by atoms with van der Waals surface area (Å²) >= 11 is 1.61. The molecule has 2 heterocycles. The highest BCUT2D eigenvalue weighted by Gasteiger charge is 2.21. The van der Waals surface area contributed by atoms with Crippen molar-refractivity contribution in [3.05, 3.63) is 46.5 Å². The molecule has 3 rings (SSSR count). The number of rotatable bonds is 3. The molecule has 0 unspecified atom stereocenters. The van der Waals surface area contributed by atoms with Crippen LogP contribution in [0.25, 0.3) is 0 Å². The summed E-state index contributed by atoms with van der Waals surface area (Å²) in [4.78, 5) is 7.94. The van der Waals surface area contributed by atoms with Crippen molar-refractivity contribution < 1.29 is 0 Å². The molecule has 1 aromatic carbocycles. The first-order valence-corrected chi connectivity index (χ1v) is 8.01. The van der Waals surface area contributed by atoms with Gasteiger partial charge in [0, 0.05) is 24.2 Å². The topological polar surface area (TPSA) is 42.2 Å². The number of aromatic nitrogens is 1. The number of aryl methyl sites for hydroxylation is 1. The van der Waals surface area contributed by atoms with E-state index >= 15 is 0 Å². The SMILES string of the molecule is Cc1cccc([C@@H]2CCCN(Cc3cnc(N)s3)C2)c1. The van der Waals surface area contributed by atoms with E-state index in [1.807, 2.05) is 6.20 Å². The Morgan fingerprint density at radius 1 is 1.45 bits per heavy atom. The van der Waals surface area contributed by atoms with E-state index in [2.05, 4.69) is 41.1 Å². The highest BCUT2D eigenvalue weighted by atomic mass is 32.1. The summed E-state index contributed by atoms with van der Waals surface area (Å²) in [5, 5.41) is 0.673. The van der Waals surface area contributed by atoms with Gasteiger partial charge in [-0.15, -0.1) is 11.3 Å². The first-order chi connectivity index (χ1) is 9.70. The molecule has 0 bridgehead atoms. The maximum Gasteiger partial charge on any atom is 0.180 e. The molecular weight excluding hydrogens is 266 g/mol. The molecule has 3 nitrogen and oxygen atoms in total. The average Bonchev–Trinajstić information content (AvgIpc) is 2.84. The number of likely N-dealkylation sites (tertiary alicyclic amines) is 1. The summed E-state index contributed by atoms with van der Waals surface area (Å²) in [6, 6.07) is 8.95. The number of nitrogens with zero attached hydrogens (tertiary/aromatic N) is 2. The Labute approximate surface area is 124 Å². The van der Waals surface area contributed by atoms with Gasteiger partial charge in [-0.1, -0.05) is 29.8 Å². The number of nitrogens with two attached hydrogens (primary N) is 1. The van der Waals surface area contributed by atoms with Crippen molar-refractivity contribution in [3.63, 3.8) is 0 Å². The minimum atomic E-state index is 0.661. The predicted octanol–water partition coefficient (Wildman–Crippen LogP) is 3.41. The van der Waals surface area contributed by atoms with Gasteiger partial charge in [-0.05, 0) is 37.8 Å². The Kier molecular flexibility index (Phi) is 4.03. The molecule has 1 aromatic heterocycles. The third-order valence-electron chi connectivity index (χ3n) is 3.97. The second-order valence-corrected chi connectivity index (χ2v) is 6.80. The summed E-state index contributed by atoms with van der Waals surface area (Å²) in [6.45, 7) is 5.47. The molecule has 1 saturated heterocycles. The standard InChI is InChI=1S/C16H21N3S/c1-12-4-2-5-13(8-12)14-6-3-7-19(10-14)11-15-9-18-16(17)20-15/h2,4-5,8-9,14H,3,6-7,10-11H2,1H3,(H2,17,18)/t14-/m1/s1. The van der Waals surface area contributed by atoms with Gasteiger partial charge in [0.15, 0.2) is 5.13 Å². The zero-order valence-corrected chi connectivity index (χ0v) is 12.7. The molecule has 1 fully saturated rings. The fraction of sp³-hybridized carbons (Fsp3) is 0.438. The van der Waals surface area contributed by atoms with Gasteiger partial charge in [0.05, 0.1) is 0 Å². The lowest BCUT2D eigenvalue weighted by molar-refractivity contribution is 0.201. The van der Waals surface area contributed by atoms with Gasteiger partial charge in [-0.25, -0.2) is 4.98 Å². The molecule has 1 aliphatic rings.